The number of rotatable bonds is 2. The van der Waals surface area contributed by atoms with E-state index in [0.29, 0.717) is 17.2 Å². The fraction of sp³-hybridized carbons (Fsp3) is 0.467. The Kier molecular flexibility index (Phi) is 3.22. The van der Waals surface area contributed by atoms with E-state index in [1.807, 2.05) is 12.1 Å². The highest BCUT2D eigenvalue weighted by atomic mass is 16.3. The minimum Gasteiger partial charge on any atom is -0.396 e. The Balaban J connectivity index is 1.84. The van der Waals surface area contributed by atoms with E-state index in [1.165, 1.54) is 4.90 Å². The molecule has 0 spiro atoms. The molecule has 1 saturated heterocycles. The Morgan fingerprint density at radius 2 is 1.95 bits per heavy atom. The van der Waals surface area contributed by atoms with Gasteiger partial charge in [-0.05, 0) is 37.0 Å². The van der Waals surface area contributed by atoms with E-state index in [9.17, 15) is 9.59 Å². The third-order valence-corrected chi connectivity index (χ3v) is 4.32. The molecule has 0 atom stereocenters. The topological polar surface area (TPSA) is 60.9 Å². The summed E-state index contributed by atoms with van der Waals surface area (Å²) in [5.41, 5.74) is 2.22. The van der Waals surface area contributed by atoms with Gasteiger partial charge in [0.15, 0.2) is 0 Å². The second-order valence-corrected chi connectivity index (χ2v) is 5.51. The average Bonchev–Trinajstić information content (AvgIpc) is 2.72. The first-order valence-electron chi connectivity index (χ1n) is 6.94. The molecule has 2 heterocycles. The molecule has 0 radical (unpaired) electrons. The summed E-state index contributed by atoms with van der Waals surface area (Å²) in [6.07, 6.45) is 1.95. The second-order valence-electron chi connectivity index (χ2n) is 5.51. The lowest BCUT2D eigenvalue weighted by Crippen LogP contribution is -2.34. The van der Waals surface area contributed by atoms with Crippen LogP contribution in [0.5, 0.6) is 0 Å². The molecule has 20 heavy (non-hydrogen) atoms. The fourth-order valence-corrected chi connectivity index (χ4v) is 2.94. The molecule has 1 fully saturated rings. The number of Topliss-reactive ketones (excluding diaryl/α,β-unsaturated/α-hetero) is 1. The van der Waals surface area contributed by atoms with Crippen molar-refractivity contribution in [3.05, 3.63) is 23.8 Å². The lowest BCUT2D eigenvalue weighted by atomic mass is 9.97. The number of nitrogens with zero attached hydrogens (tertiary/aromatic N) is 2. The van der Waals surface area contributed by atoms with Crippen LogP contribution in [0.4, 0.5) is 11.4 Å². The molecule has 1 amide bonds. The van der Waals surface area contributed by atoms with Gasteiger partial charge in [0.2, 0.25) is 0 Å². The SMILES string of the molecule is CN1C(=O)C(=O)c2ccc(N3CCC(CO)CC3)cc21. The fourth-order valence-electron chi connectivity index (χ4n) is 2.94. The molecule has 0 bridgehead atoms. The Bertz CT molecular complexity index is 562. The third kappa shape index (κ3) is 1.98. The zero-order valence-corrected chi connectivity index (χ0v) is 11.5. The highest BCUT2D eigenvalue weighted by Crippen LogP contribution is 2.33. The molecule has 1 N–H and O–H groups in total. The number of amides is 1. The first kappa shape index (κ1) is 13.1. The van der Waals surface area contributed by atoms with Gasteiger partial charge < -0.3 is 14.9 Å². The molecule has 0 aliphatic carbocycles. The first-order valence-corrected chi connectivity index (χ1v) is 6.94. The van der Waals surface area contributed by atoms with E-state index in [4.69, 9.17) is 5.11 Å². The van der Waals surface area contributed by atoms with Crippen molar-refractivity contribution in [1.82, 2.24) is 0 Å². The van der Waals surface area contributed by atoms with Crippen molar-refractivity contribution in [3.63, 3.8) is 0 Å². The van der Waals surface area contributed by atoms with Crippen LogP contribution in [0, 0.1) is 5.92 Å². The van der Waals surface area contributed by atoms with Gasteiger partial charge in [-0.25, -0.2) is 0 Å². The van der Waals surface area contributed by atoms with Crippen LogP contribution in [-0.4, -0.2) is 43.5 Å². The number of hydrogen-bond donors (Lipinski definition) is 1. The van der Waals surface area contributed by atoms with Crippen molar-refractivity contribution < 1.29 is 14.7 Å². The van der Waals surface area contributed by atoms with Gasteiger partial charge in [-0.15, -0.1) is 0 Å². The van der Waals surface area contributed by atoms with Crippen LogP contribution in [-0.2, 0) is 4.79 Å². The number of piperidine rings is 1. The molecule has 0 unspecified atom stereocenters. The van der Waals surface area contributed by atoms with Gasteiger partial charge in [0.05, 0.1) is 11.3 Å². The summed E-state index contributed by atoms with van der Waals surface area (Å²) in [5, 5.41) is 9.17. The van der Waals surface area contributed by atoms with Crippen molar-refractivity contribution in [3.8, 4) is 0 Å². The predicted octanol–water partition coefficient (Wildman–Crippen LogP) is 1.05. The summed E-state index contributed by atoms with van der Waals surface area (Å²) in [7, 11) is 1.63. The van der Waals surface area contributed by atoms with Crippen molar-refractivity contribution in [2.45, 2.75) is 12.8 Å². The summed E-state index contributed by atoms with van der Waals surface area (Å²) in [6.45, 7) is 2.05. The molecule has 1 aromatic carbocycles. The van der Waals surface area contributed by atoms with Crippen LogP contribution in [0.2, 0.25) is 0 Å². The van der Waals surface area contributed by atoms with Crippen molar-refractivity contribution >= 4 is 23.1 Å². The van der Waals surface area contributed by atoms with Crippen LogP contribution >= 0.6 is 0 Å². The van der Waals surface area contributed by atoms with Gasteiger partial charge in [0.1, 0.15) is 0 Å². The average molecular weight is 274 g/mol. The number of anilines is 2. The predicted molar refractivity (Wildman–Crippen MR) is 76.2 cm³/mol. The van der Waals surface area contributed by atoms with Crippen LogP contribution < -0.4 is 9.80 Å². The molecule has 2 aliphatic rings. The lowest BCUT2D eigenvalue weighted by molar-refractivity contribution is -0.114. The lowest BCUT2D eigenvalue weighted by Gasteiger charge is -2.33. The number of benzene rings is 1. The van der Waals surface area contributed by atoms with Gasteiger partial charge in [0, 0.05) is 32.4 Å². The molecular weight excluding hydrogens is 256 g/mol. The zero-order valence-electron chi connectivity index (χ0n) is 11.5. The Labute approximate surface area is 117 Å². The summed E-state index contributed by atoms with van der Waals surface area (Å²) < 4.78 is 0. The van der Waals surface area contributed by atoms with Gasteiger partial charge in [-0.3, -0.25) is 9.59 Å². The maximum Gasteiger partial charge on any atom is 0.299 e. The minimum absolute atomic E-state index is 0.254. The van der Waals surface area contributed by atoms with Crippen molar-refractivity contribution in [1.29, 1.82) is 0 Å². The Morgan fingerprint density at radius 1 is 1.25 bits per heavy atom. The van der Waals surface area contributed by atoms with E-state index >= 15 is 0 Å². The van der Waals surface area contributed by atoms with Crippen LogP contribution in [0.25, 0.3) is 0 Å². The normalized spacial score (nSPS) is 19.7. The second kappa shape index (κ2) is 4.90. The quantitative estimate of drug-likeness (QED) is 0.819. The van der Waals surface area contributed by atoms with E-state index in [1.54, 1.807) is 13.1 Å². The Morgan fingerprint density at radius 3 is 2.60 bits per heavy atom. The zero-order chi connectivity index (χ0) is 14.3. The number of carbonyl (C=O) groups excluding carboxylic acids is 2. The highest BCUT2D eigenvalue weighted by Gasteiger charge is 2.33. The smallest absolute Gasteiger partial charge is 0.299 e. The third-order valence-electron chi connectivity index (χ3n) is 4.32. The molecule has 2 aliphatic heterocycles. The highest BCUT2D eigenvalue weighted by molar-refractivity contribution is 6.52. The van der Waals surface area contributed by atoms with Gasteiger partial charge >= 0.3 is 0 Å². The molecule has 3 rings (SSSR count). The maximum atomic E-state index is 11.7. The minimum atomic E-state index is -0.462. The summed E-state index contributed by atoms with van der Waals surface area (Å²) in [4.78, 5) is 27.1. The van der Waals surface area contributed by atoms with Gasteiger partial charge in [-0.2, -0.15) is 0 Å². The number of aliphatic hydroxyl groups excluding tert-OH is 1. The first-order chi connectivity index (χ1) is 9.61. The van der Waals surface area contributed by atoms with Crippen LogP contribution in [0.15, 0.2) is 18.2 Å². The number of fused-ring (bicyclic) bond motifs is 1. The van der Waals surface area contributed by atoms with Crippen LogP contribution in [0.1, 0.15) is 23.2 Å². The number of carbonyl (C=O) groups is 2. The van der Waals surface area contributed by atoms with Crippen molar-refractivity contribution in [2.24, 2.45) is 5.92 Å². The van der Waals surface area contributed by atoms with Crippen LogP contribution in [0.3, 0.4) is 0 Å². The van der Waals surface area contributed by atoms with Gasteiger partial charge in [0.25, 0.3) is 11.7 Å². The number of hydrogen-bond acceptors (Lipinski definition) is 4. The summed E-state index contributed by atoms with van der Waals surface area (Å²) >= 11 is 0. The Hall–Kier alpha value is -1.88. The molecule has 5 nitrogen and oxygen atoms in total. The van der Waals surface area contributed by atoms with Gasteiger partial charge in [-0.1, -0.05) is 0 Å². The summed E-state index contributed by atoms with van der Waals surface area (Å²) in [5.74, 6) is -0.490. The number of likely N-dealkylation sites (N-methyl/N-ethyl adjacent to an activating group) is 1. The molecule has 106 valence electrons. The van der Waals surface area contributed by atoms with Crippen molar-refractivity contribution in [2.75, 3.05) is 36.5 Å². The van der Waals surface area contributed by atoms with E-state index in [0.717, 1.165) is 31.6 Å². The molecule has 5 heteroatoms. The molecule has 0 aromatic heterocycles. The standard InChI is InChI=1S/C15H18N2O3/c1-16-13-8-11(2-3-12(13)14(19)15(16)20)17-6-4-10(9-18)5-7-17/h2-3,8,10,18H,4-7,9H2,1H3. The molecule has 0 saturated carbocycles. The molecular formula is C15H18N2O3. The monoisotopic (exact) mass is 274 g/mol. The maximum absolute atomic E-state index is 11.7. The van der Waals surface area contributed by atoms with E-state index in [2.05, 4.69) is 4.90 Å². The largest absolute Gasteiger partial charge is 0.396 e. The summed E-state index contributed by atoms with van der Waals surface area (Å²) in [6, 6.07) is 5.56. The van der Waals surface area contributed by atoms with E-state index < -0.39 is 11.7 Å². The number of aliphatic hydroxyl groups is 1. The number of ketones is 1. The molecule has 1 aromatic rings. The van der Waals surface area contributed by atoms with E-state index in [-0.39, 0.29) is 6.61 Å².